The molecule has 0 spiro atoms. The van der Waals surface area contributed by atoms with Gasteiger partial charge in [-0.2, -0.15) is 0 Å². The van der Waals surface area contributed by atoms with Crippen LogP contribution in [0.2, 0.25) is 0 Å². The minimum Gasteiger partial charge on any atom is -0.466 e. The van der Waals surface area contributed by atoms with Crippen molar-refractivity contribution in [2.45, 2.75) is 550 Å². The fourth-order valence-electron chi connectivity index (χ4n) is 19.9. The molecule has 2 aliphatic rings. The Morgan fingerprint density at radius 3 is 1.02 bits per heavy atom. The minimum absolute atomic E-state index is 0.00155. The summed E-state index contributed by atoms with van der Waals surface area (Å²) in [4.78, 5) is 57.0. The molecular weight excluding hydrogens is 1510 g/mol. The van der Waals surface area contributed by atoms with Crippen molar-refractivity contribution in [2.24, 2.45) is 41.4 Å². The second-order valence-corrected chi connectivity index (χ2v) is 39.4. The fraction of sp³-hybridized carbons (Fsp3) is 0.963. The van der Waals surface area contributed by atoms with E-state index in [9.17, 15) is 19.2 Å². The normalized spacial score (nSPS) is 16.2. The van der Waals surface area contributed by atoms with Crippen LogP contribution in [0.1, 0.15) is 538 Å². The van der Waals surface area contributed by atoms with Gasteiger partial charge in [0.05, 0.1) is 39.1 Å². The zero-order valence-electron chi connectivity index (χ0n) is 83.3. The molecule has 6 unspecified atom stereocenters. The molecule has 0 aliphatic carbocycles. The summed E-state index contributed by atoms with van der Waals surface area (Å²) < 4.78 is 43.7. The molecule has 6 atom stereocenters. The van der Waals surface area contributed by atoms with E-state index >= 15 is 0 Å². The van der Waals surface area contributed by atoms with Gasteiger partial charge in [0.25, 0.3) is 0 Å². The van der Waals surface area contributed by atoms with Crippen molar-refractivity contribution in [1.82, 2.24) is 9.80 Å². The standard InChI is InChI=1S/C109H210N2O11/c1-11-20-47-67-98(68-48-21-12-2)81-90-117-105(112)77-56-41-33-27-31-39-54-72-101(94-116-89-65-88-110(18-8)19-9)73-55-40-32-28-34-44-59-80-108(115)120-96-104(102(75-52-25-16-6)76-53-26-17-7)97(10)66-64-74-100(71-51-24-15-5)83-92-119-107(114)79-58-43-36-30-38-46-61-85-109(121-95-103(122-109)93-111-86-62-63-87-111)84-60-45-37-29-35-42-57-78-106(113)118-91-82-99(69-49-22-13-3)70-50-23-14-4/h97-104H,11-96H2,1-10H3. The lowest BCUT2D eigenvalue weighted by Crippen LogP contribution is -2.35. The highest BCUT2D eigenvalue weighted by molar-refractivity contribution is 5.70. The zero-order chi connectivity index (χ0) is 88.3. The number of carbonyl (C=O) groups is 4. The number of unbranched alkanes of at least 4 members (excludes halogenated alkanes) is 38. The molecule has 13 heteroatoms. The molecule has 2 fully saturated rings. The molecule has 0 aromatic rings. The summed E-state index contributed by atoms with van der Waals surface area (Å²) in [5, 5.41) is 0. The van der Waals surface area contributed by atoms with Crippen LogP contribution in [0.15, 0.2) is 0 Å². The number of rotatable bonds is 95. The second-order valence-electron chi connectivity index (χ2n) is 39.4. The average Bonchev–Trinajstić information content (AvgIpc) is 1.68. The third-order valence-electron chi connectivity index (χ3n) is 28.3. The van der Waals surface area contributed by atoms with E-state index in [1.54, 1.807) is 0 Å². The summed E-state index contributed by atoms with van der Waals surface area (Å²) in [6, 6.07) is 0. The minimum atomic E-state index is -0.438. The SMILES string of the molecule is CCCCCC(CCCCC)CCOC(=O)CCCCCCCCCC(CCCCCCCCCC(=O)OCC(C(C)CCCC(CCCCC)CCOC(=O)CCCCCCCCCC1(CCCCCCCCCC(=O)OCCC(CCCCC)CCCCC)OCC(CN2CCCC2)O1)C(CCCCC)CCCCC)COCCCN(CC)CC. The van der Waals surface area contributed by atoms with Crippen LogP contribution in [-0.2, 0) is 52.3 Å². The van der Waals surface area contributed by atoms with E-state index in [2.05, 4.69) is 79.0 Å². The molecule has 2 saturated heterocycles. The van der Waals surface area contributed by atoms with Gasteiger partial charge in [0, 0.05) is 64.8 Å². The highest BCUT2D eigenvalue weighted by Gasteiger charge is 2.41. The highest BCUT2D eigenvalue weighted by Crippen LogP contribution is 2.38. The van der Waals surface area contributed by atoms with Gasteiger partial charge in [0.1, 0.15) is 0 Å². The largest absolute Gasteiger partial charge is 0.466 e. The number of ether oxygens (including phenoxy) is 7. The van der Waals surface area contributed by atoms with E-state index in [1.165, 1.54) is 341 Å². The number of carbonyl (C=O) groups excluding carboxylic acids is 4. The molecule has 2 aliphatic heterocycles. The number of nitrogens with zero attached hydrogens (tertiary/aromatic N) is 2. The van der Waals surface area contributed by atoms with Crippen LogP contribution in [0.25, 0.3) is 0 Å². The molecule has 122 heavy (non-hydrogen) atoms. The first kappa shape index (κ1) is 116. The third kappa shape index (κ3) is 67.8. The predicted octanol–water partition coefficient (Wildman–Crippen LogP) is 31.9. The first-order chi connectivity index (χ1) is 59.8. The molecule has 0 saturated carbocycles. The molecule has 13 nitrogen and oxygen atoms in total. The molecule has 0 aromatic carbocycles. The number of hydrogen-bond acceptors (Lipinski definition) is 13. The van der Waals surface area contributed by atoms with Crippen LogP contribution in [-0.4, -0.2) is 131 Å². The topological polar surface area (TPSA) is 139 Å². The first-order valence-electron chi connectivity index (χ1n) is 54.8. The van der Waals surface area contributed by atoms with Gasteiger partial charge in [-0.05, 0) is 157 Å². The zero-order valence-corrected chi connectivity index (χ0v) is 83.3. The fourth-order valence-corrected chi connectivity index (χ4v) is 19.9. The summed E-state index contributed by atoms with van der Waals surface area (Å²) >= 11 is 0. The Hall–Kier alpha value is -2.32. The van der Waals surface area contributed by atoms with Crippen LogP contribution < -0.4 is 0 Å². The Labute approximate surface area is 758 Å². The van der Waals surface area contributed by atoms with Crippen LogP contribution in [0.4, 0.5) is 0 Å². The third-order valence-corrected chi connectivity index (χ3v) is 28.3. The van der Waals surface area contributed by atoms with Gasteiger partial charge >= 0.3 is 23.9 Å². The first-order valence-corrected chi connectivity index (χ1v) is 54.8. The molecule has 722 valence electrons. The molecule has 0 radical (unpaired) electrons. The van der Waals surface area contributed by atoms with Crippen molar-refractivity contribution < 1.29 is 52.3 Å². The summed E-state index contributed by atoms with van der Waals surface area (Å²) in [5.41, 5.74) is 0. The van der Waals surface area contributed by atoms with Gasteiger partial charge in [-0.25, -0.2) is 0 Å². The Bertz CT molecular complexity index is 2230. The van der Waals surface area contributed by atoms with Crippen molar-refractivity contribution in [3.63, 3.8) is 0 Å². The van der Waals surface area contributed by atoms with Gasteiger partial charge in [-0.15, -0.1) is 0 Å². The van der Waals surface area contributed by atoms with Crippen LogP contribution in [0.5, 0.6) is 0 Å². The Balaban J connectivity index is 1.75. The van der Waals surface area contributed by atoms with Gasteiger partial charge in [-0.3, -0.25) is 19.2 Å². The van der Waals surface area contributed by atoms with Crippen molar-refractivity contribution in [3.05, 3.63) is 0 Å². The van der Waals surface area contributed by atoms with Gasteiger partial charge in [0.15, 0.2) is 5.79 Å². The van der Waals surface area contributed by atoms with E-state index in [4.69, 9.17) is 33.2 Å². The van der Waals surface area contributed by atoms with E-state index < -0.39 is 5.79 Å². The van der Waals surface area contributed by atoms with Gasteiger partial charge < -0.3 is 43.0 Å². The molecule has 2 heterocycles. The van der Waals surface area contributed by atoms with Crippen LogP contribution >= 0.6 is 0 Å². The quantitative estimate of drug-likeness (QED) is 0.0325. The number of likely N-dealkylation sites (tertiary alicyclic amines) is 1. The van der Waals surface area contributed by atoms with E-state index in [-0.39, 0.29) is 30.0 Å². The Morgan fingerprint density at radius 1 is 0.336 bits per heavy atom. The highest BCUT2D eigenvalue weighted by atomic mass is 16.7. The molecule has 0 bridgehead atoms. The van der Waals surface area contributed by atoms with Gasteiger partial charge in [-0.1, -0.05) is 410 Å². The molecule has 2 rings (SSSR count). The maximum atomic E-state index is 13.6. The lowest BCUT2D eigenvalue weighted by molar-refractivity contribution is -0.180. The number of hydrogen-bond donors (Lipinski definition) is 0. The van der Waals surface area contributed by atoms with Crippen molar-refractivity contribution >= 4 is 23.9 Å². The molecule has 0 aromatic heterocycles. The van der Waals surface area contributed by atoms with Crippen LogP contribution in [0, 0.1) is 41.4 Å². The smallest absolute Gasteiger partial charge is 0.305 e. The molecule has 0 N–H and O–H groups in total. The number of esters is 4. The van der Waals surface area contributed by atoms with E-state index in [1.807, 2.05) is 0 Å². The van der Waals surface area contributed by atoms with Crippen LogP contribution in [0.3, 0.4) is 0 Å². The second kappa shape index (κ2) is 85.5. The van der Waals surface area contributed by atoms with E-state index in [0.717, 1.165) is 155 Å². The Kier molecular flexibility index (Phi) is 81.1. The summed E-state index contributed by atoms with van der Waals surface area (Å²) in [7, 11) is 0. The lowest BCUT2D eigenvalue weighted by atomic mass is 9.75. The maximum Gasteiger partial charge on any atom is 0.305 e. The summed E-state index contributed by atoms with van der Waals surface area (Å²) in [6.07, 6.45) is 85.3. The Morgan fingerprint density at radius 2 is 0.656 bits per heavy atom. The van der Waals surface area contributed by atoms with Crippen molar-refractivity contribution in [1.29, 1.82) is 0 Å². The van der Waals surface area contributed by atoms with Crippen molar-refractivity contribution in [3.8, 4) is 0 Å². The monoisotopic (exact) mass is 1720 g/mol. The molecular formula is C109H210N2O11. The molecule has 0 amide bonds. The summed E-state index contributed by atoms with van der Waals surface area (Å²) in [5.74, 6) is 3.65. The predicted molar refractivity (Wildman–Crippen MR) is 519 cm³/mol. The van der Waals surface area contributed by atoms with Crippen molar-refractivity contribution in [2.75, 3.05) is 85.5 Å². The lowest BCUT2D eigenvalue weighted by Gasteiger charge is -2.32. The van der Waals surface area contributed by atoms with E-state index in [0.29, 0.717) is 100 Å². The maximum absolute atomic E-state index is 13.6. The summed E-state index contributed by atoms with van der Waals surface area (Å²) in [6.45, 7) is 34.5. The average molecular weight is 1720 g/mol. The van der Waals surface area contributed by atoms with Gasteiger partial charge in [0.2, 0.25) is 0 Å².